The third-order valence-corrected chi connectivity index (χ3v) is 7.14. The van der Waals surface area contributed by atoms with E-state index in [1.807, 2.05) is 6.92 Å². The summed E-state index contributed by atoms with van der Waals surface area (Å²) in [5, 5.41) is 0. The monoisotopic (exact) mass is 332 g/mol. The van der Waals surface area contributed by atoms with Gasteiger partial charge in [-0.1, -0.05) is 31.9 Å². The summed E-state index contributed by atoms with van der Waals surface area (Å²) in [6.07, 6.45) is 12.5. The normalized spacial score (nSPS) is 46.6. The molecule has 8 unspecified atom stereocenters. The second-order valence-corrected chi connectivity index (χ2v) is 8.40. The zero-order valence-electron chi connectivity index (χ0n) is 14.4. The van der Waals surface area contributed by atoms with E-state index in [-0.39, 0.29) is 36.5 Å². The van der Waals surface area contributed by atoms with Crippen LogP contribution in [0.5, 0.6) is 0 Å². The average molecular weight is 332 g/mol. The van der Waals surface area contributed by atoms with Crippen molar-refractivity contribution in [2.75, 3.05) is 0 Å². The van der Waals surface area contributed by atoms with Crippen LogP contribution in [0.3, 0.4) is 0 Å². The summed E-state index contributed by atoms with van der Waals surface area (Å²) in [5.41, 5.74) is 0. The van der Waals surface area contributed by atoms with Crippen molar-refractivity contribution in [3.05, 3.63) is 12.2 Å². The highest BCUT2D eigenvalue weighted by atomic mass is 16.7. The molecule has 0 N–H and O–H groups in total. The molecule has 0 aromatic carbocycles. The van der Waals surface area contributed by atoms with Crippen LogP contribution in [-0.4, -0.2) is 30.6 Å². The lowest BCUT2D eigenvalue weighted by molar-refractivity contribution is -0.196. The summed E-state index contributed by atoms with van der Waals surface area (Å²) in [5.74, 6) is 2.36. The van der Waals surface area contributed by atoms with Gasteiger partial charge in [0.2, 0.25) is 6.29 Å². The maximum absolute atomic E-state index is 12.8. The highest BCUT2D eigenvalue weighted by Gasteiger charge is 2.64. The molecule has 4 nitrogen and oxygen atoms in total. The Labute approximate surface area is 143 Å². The lowest BCUT2D eigenvalue weighted by Crippen LogP contribution is -2.41. The fourth-order valence-corrected chi connectivity index (χ4v) is 6.12. The van der Waals surface area contributed by atoms with Crippen molar-refractivity contribution in [1.29, 1.82) is 0 Å². The van der Waals surface area contributed by atoms with Crippen LogP contribution < -0.4 is 0 Å². The van der Waals surface area contributed by atoms with E-state index in [4.69, 9.17) is 14.2 Å². The van der Waals surface area contributed by atoms with Crippen molar-refractivity contribution in [2.24, 2.45) is 29.6 Å². The number of ether oxygens (including phenoxy) is 3. The molecular weight excluding hydrogens is 304 g/mol. The average Bonchev–Trinajstić information content (AvgIpc) is 3.38. The van der Waals surface area contributed by atoms with E-state index in [9.17, 15) is 4.79 Å². The van der Waals surface area contributed by atoms with Crippen LogP contribution in [0.4, 0.5) is 0 Å². The molecule has 24 heavy (non-hydrogen) atoms. The van der Waals surface area contributed by atoms with E-state index < -0.39 is 0 Å². The van der Waals surface area contributed by atoms with E-state index in [0.29, 0.717) is 23.7 Å². The first-order valence-corrected chi connectivity index (χ1v) is 9.94. The molecule has 4 bridgehead atoms. The SMILES string of the molecule is CCC(OC(=O)C1CC2OC1C1C3C=CC(C3)C21)OC1CCCC1. The number of fused-ring (bicyclic) bond motifs is 9. The predicted octanol–water partition coefficient (Wildman–Crippen LogP) is 3.45. The standard InChI is InChI=1S/C20H28O4/c1-2-16(22-13-5-3-4-6-13)24-20(21)14-10-15-17-11-7-8-12(9-11)18(17)19(14)23-15/h7-8,11-19H,2-6,9-10H2,1H3. The van der Waals surface area contributed by atoms with Crippen molar-refractivity contribution in [2.45, 2.75) is 76.5 Å². The van der Waals surface area contributed by atoms with E-state index in [2.05, 4.69) is 12.2 Å². The third-order valence-electron chi connectivity index (χ3n) is 7.14. The summed E-state index contributed by atoms with van der Waals surface area (Å²) in [4.78, 5) is 12.8. The molecule has 2 heterocycles. The molecule has 0 amide bonds. The van der Waals surface area contributed by atoms with Gasteiger partial charge in [-0.25, -0.2) is 0 Å². The molecule has 2 aliphatic heterocycles. The van der Waals surface area contributed by atoms with Crippen LogP contribution in [0.2, 0.25) is 0 Å². The van der Waals surface area contributed by atoms with Crippen molar-refractivity contribution in [3.8, 4) is 0 Å². The Hall–Kier alpha value is -0.870. The Morgan fingerprint density at radius 2 is 1.92 bits per heavy atom. The van der Waals surface area contributed by atoms with Gasteiger partial charge < -0.3 is 14.2 Å². The molecule has 0 aromatic rings. The van der Waals surface area contributed by atoms with Crippen LogP contribution in [-0.2, 0) is 19.0 Å². The molecule has 2 saturated heterocycles. The summed E-state index contributed by atoms with van der Waals surface area (Å²) < 4.78 is 18.0. The second kappa shape index (κ2) is 5.84. The maximum Gasteiger partial charge on any atom is 0.313 e. The van der Waals surface area contributed by atoms with E-state index in [1.165, 1.54) is 19.3 Å². The largest absolute Gasteiger partial charge is 0.435 e. The molecule has 4 heteroatoms. The number of hydrogen-bond acceptors (Lipinski definition) is 4. The van der Waals surface area contributed by atoms with Crippen LogP contribution in [0, 0.1) is 29.6 Å². The first-order chi connectivity index (χ1) is 11.7. The van der Waals surface area contributed by atoms with Gasteiger partial charge in [-0.3, -0.25) is 4.79 Å². The highest BCUT2D eigenvalue weighted by molar-refractivity contribution is 5.74. The molecular formula is C20H28O4. The molecule has 3 aliphatic carbocycles. The first-order valence-electron chi connectivity index (χ1n) is 9.94. The van der Waals surface area contributed by atoms with Crippen molar-refractivity contribution in [1.82, 2.24) is 0 Å². The maximum atomic E-state index is 12.8. The Kier molecular flexibility index (Phi) is 3.75. The Balaban J connectivity index is 1.23. The lowest BCUT2D eigenvalue weighted by Gasteiger charge is -2.33. The van der Waals surface area contributed by atoms with Crippen LogP contribution in [0.25, 0.3) is 0 Å². The van der Waals surface area contributed by atoms with Gasteiger partial charge in [0.15, 0.2) is 0 Å². The molecule has 8 atom stereocenters. The quantitative estimate of drug-likeness (QED) is 0.439. The summed E-state index contributed by atoms with van der Waals surface area (Å²) in [6.45, 7) is 2.03. The number of hydrogen-bond donors (Lipinski definition) is 0. The molecule has 132 valence electrons. The smallest absolute Gasteiger partial charge is 0.313 e. The fourth-order valence-electron chi connectivity index (χ4n) is 6.12. The Bertz CT molecular complexity index is 538. The minimum atomic E-state index is -0.379. The van der Waals surface area contributed by atoms with Crippen molar-refractivity contribution < 1.29 is 19.0 Å². The van der Waals surface area contributed by atoms with Crippen LogP contribution >= 0.6 is 0 Å². The van der Waals surface area contributed by atoms with Gasteiger partial charge in [-0.15, -0.1) is 0 Å². The first kappa shape index (κ1) is 15.4. The van der Waals surface area contributed by atoms with Gasteiger partial charge in [0, 0.05) is 6.42 Å². The predicted molar refractivity (Wildman–Crippen MR) is 88.0 cm³/mol. The lowest BCUT2D eigenvalue weighted by atomic mass is 9.69. The number of esters is 1. The van der Waals surface area contributed by atoms with E-state index in [1.54, 1.807) is 0 Å². The molecule has 0 radical (unpaired) electrons. The molecule has 0 aromatic heterocycles. The van der Waals surface area contributed by atoms with Gasteiger partial charge in [0.05, 0.1) is 24.2 Å². The summed E-state index contributed by atoms with van der Waals surface area (Å²) in [7, 11) is 0. The van der Waals surface area contributed by atoms with Gasteiger partial charge in [0.1, 0.15) is 0 Å². The Morgan fingerprint density at radius 3 is 2.67 bits per heavy atom. The summed E-state index contributed by atoms with van der Waals surface area (Å²) in [6, 6.07) is 0. The van der Waals surface area contributed by atoms with Gasteiger partial charge in [0.25, 0.3) is 0 Å². The number of allylic oxidation sites excluding steroid dienone is 2. The van der Waals surface area contributed by atoms with Gasteiger partial charge >= 0.3 is 5.97 Å². The second-order valence-electron chi connectivity index (χ2n) is 8.40. The zero-order chi connectivity index (χ0) is 16.3. The van der Waals surface area contributed by atoms with Crippen LogP contribution in [0.15, 0.2) is 12.2 Å². The number of rotatable bonds is 5. The minimum absolute atomic E-state index is 0.0785. The van der Waals surface area contributed by atoms with Gasteiger partial charge in [-0.05, 0) is 49.4 Å². The topological polar surface area (TPSA) is 44.8 Å². The summed E-state index contributed by atoms with van der Waals surface area (Å²) >= 11 is 0. The molecule has 5 aliphatic rings. The highest BCUT2D eigenvalue weighted by Crippen LogP contribution is 2.61. The molecule has 0 spiro atoms. The molecule has 5 rings (SSSR count). The number of carbonyl (C=O) groups excluding carboxylic acids is 1. The number of carbonyl (C=O) groups is 1. The van der Waals surface area contributed by atoms with E-state index in [0.717, 1.165) is 25.7 Å². The van der Waals surface area contributed by atoms with Gasteiger partial charge in [-0.2, -0.15) is 0 Å². The van der Waals surface area contributed by atoms with Crippen LogP contribution in [0.1, 0.15) is 51.9 Å². The minimum Gasteiger partial charge on any atom is -0.435 e. The Morgan fingerprint density at radius 1 is 1.17 bits per heavy atom. The van der Waals surface area contributed by atoms with Crippen molar-refractivity contribution in [3.63, 3.8) is 0 Å². The fraction of sp³-hybridized carbons (Fsp3) is 0.850. The molecule has 4 fully saturated rings. The van der Waals surface area contributed by atoms with E-state index >= 15 is 0 Å². The molecule has 2 saturated carbocycles. The third kappa shape index (κ3) is 2.29. The zero-order valence-corrected chi connectivity index (χ0v) is 14.4. The van der Waals surface area contributed by atoms with Crippen molar-refractivity contribution >= 4 is 5.97 Å².